The van der Waals surface area contributed by atoms with Crippen LogP contribution in [0.25, 0.3) is 5.69 Å². The highest BCUT2D eigenvalue weighted by molar-refractivity contribution is 6.42. The van der Waals surface area contributed by atoms with Crippen LogP contribution in [0.5, 0.6) is 0 Å². The number of aromatic nitrogens is 2. The molecule has 8 heteroatoms. The van der Waals surface area contributed by atoms with E-state index >= 15 is 0 Å². The van der Waals surface area contributed by atoms with Gasteiger partial charge in [0.15, 0.2) is 5.69 Å². The van der Waals surface area contributed by atoms with Crippen LogP contribution in [0.15, 0.2) is 30.5 Å². The molecule has 2 aromatic rings. The van der Waals surface area contributed by atoms with Crippen LogP contribution in [0, 0.1) is 5.92 Å². The van der Waals surface area contributed by atoms with E-state index in [0.29, 0.717) is 28.2 Å². The molecule has 1 saturated carbocycles. The molecule has 1 fully saturated rings. The molecule has 1 aliphatic carbocycles. The van der Waals surface area contributed by atoms with Crippen molar-refractivity contribution >= 4 is 41.5 Å². The number of carbonyl (C=O) groups excluding carboxylic acids is 1. The Bertz CT molecular complexity index is 700. The first-order chi connectivity index (χ1) is 10.5. The Morgan fingerprint density at radius 1 is 1.35 bits per heavy atom. The van der Waals surface area contributed by atoms with E-state index in [4.69, 9.17) is 28.9 Å². The number of rotatable bonds is 5. The highest BCUT2D eigenvalue weighted by Gasteiger charge is 2.28. The van der Waals surface area contributed by atoms with Crippen molar-refractivity contribution in [2.45, 2.75) is 18.9 Å². The van der Waals surface area contributed by atoms with Crippen LogP contribution in [-0.2, 0) is 0 Å². The minimum absolute atomic E-state index is 0. The van der Waals surface area contributed by atoms with Gasteiger partial charge in [-0.2, -0.15) is 5.10 Å². The van der Waals surface area contributed by atoms with Gasteiger partial charge in [0.25, 0.3) is 5.91 Å². The molecule has 0 aliphatic heterocycles. The number of carbonyl (C=O) groups is 1. The third-order valence-electron chi connectivity index (χ3n) is 3.72. The Balaban J connectivity index is 0.00000192. The molecule has 1 unspecified atom stereocenters. The van der Waals surface area contributed by atoms with E-state index < -0.39 is 0 Å². The van der Waals surface area contributed by atoms with Crippen LogP contribution in [0.1, 0.15) is 23.3 Å². The number of nitrogens with two attached hydrogens (primary N) is 1. The molecule has 0 radical (unpaired) electrons. The molecule has 1 aliphatic rings. The van der Waals surface area contributed by atoms with Crippen LogP contribution < -0.4 is 11.1 Å². The molecular formula is C15H17Cl3N4O. The zero-order chi connectivity index (χ0) is 15.7. The highest BCUT2D eigenvalue weighted by Crippen LogP contribution is 2.31. The molecule has 5 nitrogen and oxygen atoms in total. The van der Waals surface area contributed by atoms with Gasteiger partial charge in [-0.3, -0.25) is 4.79 Å². The lowest BCUT2D eigenvalue weighted by molar-refractivity contribution is 0.0945. The van der Waals surface area contributed by atoms with Crippen molar-refractivity contribution in [3.63, 3.8) is 0 Å². The van der Waals surface area contributed by atoms with E-state index in [9.17, 15) is 4.79 Å². The van der Waals surface area contributed by atoms with Gasteiger partial charge in [0.2, 0.25) is 0 Å². The fourth-order valence-corrected chi connectivity index (χ4v) is 2.50. The number of nitrogens with one attached hydrogen (secondary N) is 1. The first-order valence-electron chi connectivity index (χ1n) is 7.09. The number of nitrogens with zero attached hydrogens (tertiary/aromatic N) is 2. The third-order valence-corrected chi connectivity index (χ3v) is 4.45. The summed E-state index contributed by atoms with van der Waals surface area (Å²) in [6.45, 7) is 0.475. The van der Waals surface area contributed by atoms with Crippen LogP contribution in [0.2, 0.25) is 10.0 Å². The van der Waals surface area contributed by atoms with E-state index in [0.717, 1.165) is 18.5 Å². The molecule has 1 aromatic carbocycles. The van der Waals surface area contributed by atoms with Crippen molar-refractivity contribution in [1.82, 2.24) is 15.1 Å². The van der Waals surface area contributed by atoms with Gasteiger partial charge in [0, 0.05) is 18.8 Å². The predicted molar refractivity (Wildman–Crippen MR) is 93.9 cm³/mol. The van der Waals surface area contributed by atoms with Crippen molar-refractivity contribution in [2.75, 3.05) is 6.54 Å². The normalized spacial score (nSPS) is 14.9. The largest absolute Gasteiger partial charge is 0.349 e. The van der Waals surface area contributed by atoms with E-state index in [1.165, 1.54) is 0 Å². The molecule has 3 N–H and O–H groups in total. The lowest BCUT2D eigenvalue weighted by atomic mass is 10.2. The molecular weight excluding hydrogens is 359 g/mol. The molecule has 124 valence electrons. The summed E-state index contributed by atoms with van der Waals surface area (Å²) in [6.07, 6.45) is 4.02. The van der Waals surface area contributed by atoms with Crippen LogP contribution in [0.4, 0.5) is 0 Å². The molecule has 23 heavy (non-hydrogen) atoms. The van der Waals surface area contributed by atoms with Gasteiger partial charge in [-0.1, -0.05) is 23.2 Å². The maximum atomic E-state index is 12.1. The number of benzene rings is 1. The zero-order valence-electron chi connectivity index (χ0n) is 12.2. The molecule has 1 atom stereocenters. The lowest BCUT2D eigenvalue weighted by Gasteiger charge is -2.10. The number of hydrogen-bond acceptors (Lipinski definition) is 3. The molecule has 1 heterocycles. The van der Waals surface area contributed by atoms with Gasteiger partial charge in [-0.05, 0) is 43.0 Å². The minimum atomic E-state index is -0.227. The molecule has 1 amide bonds. The monoisotopic (exact) mass is 374 g/mol. The molecule has 0 spiro atoms. The van der Waals surface area contributed by atoms with Crippen LogP contribution in [0.3, 0.4) is 0 Å². The topological polar surface area (TPSA) is 72.9 Å². The number of amides is 1. The average molecular weight is 376 g/mol. The van der Waals surface area contributed by atoms with Gasteiger partial charge in [-0.15, -0.1) is 12.4 Å². The van der Waals surface area contributed by atoms with Crippen molar-refractivity contribution in [3.8, 4) is 5.69 Å². The smallest absolute Gasteiger partial charge is 0.271 e. The predicted octanol–water partition coefficient (Wildman–Crippen LogP) is 3.07. The lowest BCUT2D eigenvalue weighted by Crippen LogP contribution is -2.38. The number of halogens is 3. The second-order valence-corrected chi connectivity index (χ2v) is 6.27. The quantitative estimate of drug-likeness (QED) is 0.843. The summed E-state index contributed by atoms with van der Waals surface area (Å²) in [5.74, 6) is 0.323. The summed E-state index contributed by atoms with van der Waals surface area (Å²) in [7, 11) is 0. The average Bonchev–Trinajstić information content (AvgIpc) is 3.24. The summed E-state index contributed by atoms with van der Waals surface area (Å²) in [5, 5.41) is 7.99. The molecule has 3 rings (SSSR count). The maximum Gasteiger partial charge on any atom is 0.271 e. The zero-order valence-corrected chi connectivity index (χ0v) is 14.5. The fraction of sp³-hybridized carbons (Fsp3) is 0.333. The third kappa shape index (κ3) is 4.38. The summed E-state index contributed by atoms with van der Waals surface area (Å²) in [4.78, 5) is 12.1. The SMILES string of the molecule is Cl.NC(CNC(=O)c1ccn(-c2ccc(Cl)c(Cl)c2)n1)C1CC1. The van der Waals surface area contributed by atoms with E-state index in [1.54, 1.807) is 35.1 Å². The van der Waals surface area contributed by atoms with Crippen molar-refractivity contribution < 1.29 is 4.79 Å². The Kier molecular flexibility index (Phi) is 5.92. The summed E-state index contributed by atoms with van der Waals surface area (Å²) in [5.41, 5.74) is 7.05. The molecule has 0 saturated heterocycles. The highest BCUT2D eigenvalue weighted by atomic mass is 35.5. The van der Waals surface area contributed by atoms with Crippen LogP contribution in [-0.4, -0.2) is 28.3 Å². The van der Waals surface area contributed by atoms with Gasteiger partial charge >= 0.3 is 0 Å². The Labute approximate surface area is 150 Å². The Morgan fingerprint density at radius 2 is 2.09 bits per heavy atom. The summed E-state index contributed by atoms with van der Waals surface area (Å²) >= 11 is 11.9. The van der Waals surface area contributed by atoms with Crippen molar-refractivity contribution in [1.29, 1.82) is 0 Å². The summed E-state index contributed by atoms with van der Waals surface area (Å²) < 4.78 is 1.58. The van der Waals surface area contributed by atoms with Gasteiger partial charge in [0.1, 0.15) is 0 Å². The number of hydrogen-bond donors (Lipinski definition) is 2. The second kappa shape index (κ2) is 7.53. The van der Waals surface area contributed by atoms with E-state index in [2.05, 4.69) is 10.4 Å². The Hall–Kier alpha value is -1.27. The van der Waals surface area contributed by atoms with E-state index in [1.807, 2.05) is 0 Å². The second-order valence-electron chi connectivity index (χ2n) is 5.46. The van der Waals surface area contributed by atoms with Gasteiger partial charge < -0.3 is 11.1 Å². The first kappa shape index (κ1) is 18.1. The minimum Gasteiger partial charge on any atom is -0.349 e. The van der Waals surface area contributed by atoms with Gasteiger partial charge in [-0.25, -0.2) is 4.68 Å². The maximum absolute atomic E-state index is 12.1. The molecule has 1 aromatic heterocycles. The summed E-state index contributed by atoms with van der Waals surface area (Å²) in [6, 6.07) is 6.85. The first-order valence-corrected chi connectivity index (χ1v) is 7.85. The van der Waals surface area contributed by atoms with Crippen molar-refractivity contribution in [3.05, 3.63) is 46.2 Å². The van der Waals surface area contributed by atoms with Crippen LogP contribution >= 0.6 is 35.6 Å². The standard InChI is InChI=1S/C15H16Cl2N4O.ClH/c16-11-4-3-10(7-12(11)17)21-6-5-14(20-21)15(22)19-8-13(18)9-1-2-9;/h3-7,9,13H,1-2,8,18H2,(H,19,22);1H. The molecule has 0 bridgehead atoms. The van der Waals surface area contributed by atoms with E-state index in [-0.39, 0.29) is 24.4 Å². The Morgan fingerprint density at radius 3 is 2.74 bits per heavy atom. The fourth-order valence-electron chi connectivity index (χ4n) is 2.21. The van der Waals surface area contributed by atoms with Gasteiger partial charge in [0.05, 0.1) is 15.7 Å². The van der Waals surface area contributed by atoms with Crippen molar-refractivity contribution in [2.24, 2.45) is 11.7 Å².